The number of rotatable bonds is 5. The van der Waals surface area contributed by atoms with Gasteiger partial charge in [-0.3, -0.25) is 9.48 Å². The van der Waals surface area contributed by atoms with Crippen LogP contribution in [0.4, 0.5) is 5.69 Å². The number of anilines is 1. The first kappa shape index (κ1) is 16.7. The van der Waals surface area contributed by atoms with Gasteiger partial charge in [-0.15, -0.1) is 0 Å². The van der Waals surface area contributed by atoms with Crippen molar-refractivity contribution in [3.05, 3.63) is 41.1 Å². The Kier molecular flexibility index (Phi) is 5.02. The lowest BCUT2D eigenvalue weighted by Crippen LogP contribution is -2.27. The van der Waals surface area contributed by atoms with Crippen molar-refractivity contribution >= 4 is 37.4 Å². The molecule has 0 aliphatic heterocycles. The molecule has 0 aliphatic rings. The molecule has 0 saturated carbocycles. The molecular weight excluding hydrogens is 370 g/mol. The number of nitrogens with one attached hydrogen (secondary N) is 1. The van der Waals surface area contributed by atoms with Gasteiger partial charge in [-0.1, -0.05) is 22.9 Å². The van der Waals surface area contributed by atoms with E-state index in [1.165, 1.54) is 18.3 Å². The number of carbonyl (C=O) groups excluding carboxylic acids is 1. The molecule has 0 fully saturated rings. The minimum Gasteiger partial charge on any atom is -0.323 e. The average molecular weight is 386 g/mol. The molecule has 1 atom stereocenters. The molecule has 118 valence electrons. The summed E-state index contributed by atoms with van der Waals surface area (Å²) in [4.78, 5) is 12.3. The molecule has 1 N–H and O–H groups in total. The SMILES string of the molecule is C[C@H](CS(=O)(=O)c1ccc(Br)cc1)C(=O)Nc1cnn(C)c1. The van der Waals surface area contributed by atoms with Crippen molar-refractivity contribution in [3.8, 4) is 0 Å². The summed E-state index contributed by atoms with van der Waals surface area (Å²) in [5.74, 6) is -1.27. The minimum atomic E-state index is -3.51. The van der Waals surface area contributed by atoms with Crippen LogP contribution in [0.1, 0.15) is 6.92 Å². The van der Waals surface area contributed by atoms with Crippen molar-refractivity contribution in [2.24, 2.45) is 13.0 Å². The zero-order valence-electron chi connectivity index (χ0n) is 12.2. The normalized spacial score (nSPS) is 12.9. The third-order valence-corrected chi connectivity index (χ3v) is 5.52. The van der Waals surface area contributed by atoms with Crippen molar-refractivity contribution in [1.29, 1.82) is 0 Å². The van der Waals surface area contributed by atoms with Crippen LogP contribution in [0, 0.1) is 5.92 Å². The Morgan fingerprint density at radius 2 is 2.00 bits per heavy atom. The van der Waals surface area contributed by atoms with Crippen LogP contribution in [0.2, 0.25) is 0 Å². The number of carbonyl (C=O) groups is 1. The number of sulfone groups is 1. The van der Waals surface area contributed by atoms with Gasteiger partial charge in [0, 0.05) is 23.6 Å². The van der Waals surface area contributed by atoms with Crippen LogP contribution in [-0.2, 0) is 21.7 Å². The van der Waals surface area contributed by atoms with Crippen molar-refractivity contribution in [3.63, 3.8) is 0 Å². The largest absolute Gasteiger partial charge is 0.323 e. The number of aryl methyl sites for hydroxylation is 1. The highest BCUT2D eigenvalue weighted by Gasteiger charge is 2.23. The number of amides is 1. The Morgan fingerprint density at radius 1 is 1.36 bits per heavy atom. The molecule has 1 amide bonds. The molecule has 0 aliphatic carbocycles. The zero-order valence-corrected chi connectivity index (χ0v) is 14.6. The molecule has 6 nitrogen and oxygen atoms in total. The third kappa shape index (κ3) is 4.17. The van der Waals surface area contributed by atoms with Gasteiger partial charge >= 0.3 is 0 Å². The van der Waals surface area contributed by atoms with Gasteiger partial charge in [0.25, 0.3) is 0 Å². The van der Waals surface area contributed by atoms with Crippen molar-refractivity contribution in [2.45, 2.75) is 11.8 Å². The lowest BCUT2D eigenvalue weighted by Gasteiger charge is -2.12. The molecule has 1 aromatic carbocycles. The number of nitrogens with zero attached hydrogens (tertiary/aromatic N) is 2. The van der Waals surface area contributed by atoms with Gasteiger partial charge in [0.2, 0.25) is 5.91 Å². The second kappa shape index (κ2) is 6.62. The van der Waals surface area contributed by atoms with Gasteiger partial charge in [0.05, 0.1) is 22.5 Å². The van der Waals surface area contributed by atoms with Gasteiger partial charge in [0.15, 0.2) is 9.84 Å². The summed E-state index contributed by atoms with van der Waals surface area (Å²) >= 11 is 3.26. The highest BCUT2D eigenvalue weighted by atomic mass is 79.9. The first-order chi connectivity index (χ1) is 10.3. The highest BCUT2D eigenvalue weighted by molar-refractivity contribution is 9.10. The molecule has 1 aromatic heterocycles. The van der Waals surface area contributed by atoms with E-state index in [2.05, 4.69) is 26.3 Å². The molecule has 2 rings (SSSR count). The van der Waals surface area contributed by atoms with Gasteiger partial charge in [-0.2, -0.15) is 5.10 Å². The molecule has 0 bridgehead atoms. The summed E-state index contributed by atoms with van der Waals surface area (Å²) in [6.45, 7) is 1.59. The summed E-state index contributed by atoms with van der Waals surface area (Å²) in [6, 6.07) is 6.36. The van der Waals surface area contributed by atoms with Crippen LogP contribution in [-0.4, -0.2) is 29.9 Å². The van der Waals surface area contributed by atoms with E-state index < -0.39 is 15.8 Å². The number of halogens is 1. The molecule has 2 aromatic rings. The quantitative estimate of drug-likeness (QED) is 0.855. The smallest absolute Gasteiger partial charge is 0.228 e. The predicted molar refractivity (Wildman–Crippen MR) is 87.2 cm³/mol. The topological polar surface area (TPSA) is 81.1 Å². The van der Waals surface area contributed by atoms with E-state index >= 15 is 0 Å². The lowest BCUT2D eigenvalue weighted by atomic mass is 10.2. The summed E-state index contributed by atoms with van der Waals surface area (Å²) in [5.41, 5.74) is 0.542. The number of aromatic nitrogens is 2. The van der Waals surface area contributed by atoms with Crippen LogP contribution in [0.15, 0.2) is 46.0 Å². The van der Waals surface area contributed by atoms with Crippen LogP contribution in [0.5, 0.6) is 0 Å². The van der Waals surface area contributed by atoms with E-state index in [-0.39, 0.29) is 16.6 Å². The Hall–Kier alpha value is -1.67. The minimum absolute atomic E-state index is 0.205. The molecule has 0 saturated heterocycles. The molecule has 1 heterocycles. The van der Waals surface area contributed by atoms with E-state index in [0.717, 1.165) is 4.47 Å². The number of benzene rings is 1. The van der Waals surface area contributed by atoms with Crippen LogP contribution >= 0.6 is 15.9 Å². The van der Waals surface area contributed by atoms with Gasteiger partial charge in [-0.25, -0.2) is 8.42 Å². The van der Waals surface area contributed by atoms with E-state index in [1.54, 1.807) is 37.0 Å². The first-order valence-electron chi connectivity index (χ1n) is 6.56. The standard InChI is InChI=1S/C14H16BrN3O3S/c1-10(14(19)17-12-7-16-18(2)8-12)9-22(20,21)13-5-3-11(15)4-6-13/h3-8,10H,9H2,1-2H3,(H,17,19)/t10-/m1/s1. The molecule has 0 spiro atoms. The maximum absolute atomic E-state index is 12.3. The van der Waals surface area contributed by atoms with E-state index in [9.17, 15) is 13.2 Å². The fourth-order valence-electron chi connectivity index (χ4n) is 1.89. The Balaban J connectivity index is 2.05. The van der Waals surface area contributed by atoms with E-state index in [4.69, 9.17) is 0 Å². The van der Waals surface area contributed by atoms with Crippen molar-refractivity contribution in [2.75, 3.05) is 11.1 Å². The van der Waals surface area contributed by atoms with Crippen LogP contribution in [0.3, 0.4) is 0 Å². The maximum Gasteiger partial charge on any atom is 0.228 e. The zero-order chi connectivity index (χ0) is 16.3. The summed E-state index contributed by atoms with van der Waals surface area (Å²) in [6.07, 6.45) is 3.15. The van der Waals surface area contributed by atoms with Crippen LogP contribution in [0.25, 0.3) is 0 Å². The first-order valence-corrected chi connectivity index (χ1v) is 9.00. The molecule has 8 heteroatoms. The van der Waals surface area contributed by atoms with Crippen molar-refractivity contribution in [1.82, 2.24) is 9.78 Å². The number of hydrogen-bond donors (Lipinski definition) is 1. The van der Waals surface area contributed by atoms with Crippen molar-refractivity contribution < 1.29 is 13.2 Å². The monoisotopic (exact) mass is 385 g/mol. The Labute approximate surface area is 137 Å². The van der Waals surface area contributed by atoms with E-state index in [0.29, 0.717) is 5.69 Å². The molecule has 22 heavy (non-hydrogen) atoms. The molecule has 0 radical (unpaired) electrons. The van der Waals surface area contributed by atoms with Crippen LogP contribution < -0.4 is 5.32 Å². The van der Waals surface area contributed by atoms with Gasteiger partial charge in [-0.05, 0) is 24.3 Å². The summed E-state index contributed by atoms with van der Waals surface area (Å²) < 4.78 is 27.0. The molecular formula is C14H16BrN3O3S. The van der Waals surface area contributed by atoms with Gasteiger partial charge < -0.3 is 5.32 Å². The third-order valence-electron chi connectivity index (χ3n) is 3.06. The average Bonchev–Trinajstić information content (AvgIpc) is 2.84. The second-order valence-electron chi connectivity index (χ2n) is 5.03. The fraction of sp³-hybridized carbons (Fsp3) is 0.286. The maximum atomic E-state index is 12.3. The Morgan fingerprint density at radius 3 is 2.55 bits per heavy atom. The number of hydrogen-bond acceptors (Lipinski definition) is 4. The van der Waals surface area contributed by atoms with Gasteiger partial charge in [0.1, 0.15) is 0 Å². The molecule has 0 unspecified atom stereocenters. The Bertz CT molecular complexity index is 769. The summed E-state index contributed by atoms with van der Waals surface area (Å²) in [5, 5.41) is 6.59. The summed E-state index contributed by atoms with van der Waals surface area (Å²) in [7, 11) is -1.78. The highest BCUT2D eigenvalue weighted by Crippen LogP contribution is 2.18. The lowest BCUT2D eigenvalue weighted by molar-refractivity contribution is -0.118. The second-order valence-corrected chi connectivity index (χ2v) is 7.98. The predicted octanol–water partition coefficient (Wildman–Crippen LogP) is 2.23. The van der Waals surface area contributed by atoms with E-state index in [1.807, 2.05) is 0 Å². The fourth-order valence-corrected chi connectivity index (χ4v) is 3.71.